The van der Waals surface area contributed by atoms with Crippen LogP contribution in [0.5, 0.6) is 0 Å². The van der Waals surface area contributed by atoms with Crippen molar-refractivity contribution in [2.75, 3.05) is 24.5 Å². The van der Waals surface area contributed by atoms with Gasteiger partial charge in [-0.05, 0) is 71.1 Å². The summed E-state index contributed by atoms with van der Waals surface area (Å²) >= 11 is 1.55. The van der Waals surface area contributed by atoms with Crippen LogP contribution in [0.2, 0.25) is 0 Å². The maximum absolute atomic E-state index is 12.6. The average molecular weight is 404 g/mol. The molecule has 2 heterocycles. The Morgan fingerprint density at radius 1 is 1.21 bits per heavy atom. The van der Waals surface area contributed by atoms with Crippen molar-refractivity contribution in [2.45, 2.75) is 87.6 Å². The van der Waals surface area contributed by atoms with E-state index in [-0.39, 0.29) is 11.2 Å². The summed E-state index contributed by atoms with van der Waals surface area (Å²) in [6.07, 6.45) is 14.5. The molecule has 1 aliphatic heterocycles. The van der Waals surface area contributed by atoms with E-state index < -0.39 is 0 Å². The number of rotatable bonds is 8. The van der Waals surface area contributed by atoms with Crippen molar-refractivity contribution in [1.82, 2.24) is 20.1 Å². The summed E-state index contributed by atoms with van der Waals surface area (Å²) in [5.74, 6) is 1.12. The summed E-state index contributed by atoms with van der Waals surface area (Å²) in [6, 6.07) is 0.517. The standard InChI is InChI=1S/C21H33N5OS/c1-16(19(27)22-13-12-17-8-4-2-5-9-17)28-21-24-23-20(26(21)18-10-11-18)25-14-6-3-7-15-25/h8,16,18H,2-7,9-15H2,1H3,(H,22,27). The number of thioether (sulfide) groups is 1. The van der Waals surface area contributed by atoms with Crippen LogP contribution in [-0.2, 0) is 4.79 Å². The number of amides is 1. The summed E-state index contributed by atoms with van der Waals surface area (Å²) in [5.41, 5.74) is 1.51. The highest BCUT2D eigenvalue weighted by Gasteiger charge is 2.33. The van der Waals surface area contributed by atoms with Gasteiger partial charge in [0.15, 0.2) is 5.16 Å². The van der Waals surface area contributed by atoms with E-state index in [1.54, 1.807) is 11.8 Å². The number of carbonyl (C=O) groups is 1. The van der Waals surface area contributed by atoms with Gasteiger partial charge in [0.25, 0.3) is 0 Å². The Balaban J connectivity index is 1.33. The zero-order chi connectivity index (χ0) is 19.3. The predicted octanol–water partition coefficient (Wildman–Crippen LogP) is 4.09. The maximum atomic E-state index is 12.6. The smallest absolute Gasteiger partial charge is 0.233 e. The second kappa shape index (κ2) is 9.33. The van der Waals surface area contributed by atoms with Gasteiger partial charge in [-0.2, -0.15) is 0 Å². The van der Waals surface area contributed by atoms with E-state index in [0.717, 1.165) is 37.2 Å². The van der Waals surface area contributed by atoms with E-state index in [1.165, 1.54) is 63.4 Å². The van der Waals surface area contributed by atoms with Crippen LogP contribution < -0.4 is 10.2 Å². The van der Waals surface area contributed by atoms with Crippen LogP contribution in [0, 0.1) is 0 Å². The van der Waals surface area contributed by atoms with Gasteiger partial charge < -0.3 is 10.2 Å². The third kappa shape index (κ3) is 4.91. The van der Waals surface area contributed by atoms with E-state index in [2.05, 4.69) is 31.1 Å². The molecule has 1 aromatic rings. The number of hydrogen-bond donors (Lipinski definition) is 1. The van der Waals surface area contributed by atoms with Gasteiger partial charge in [0.2, 0.25) is 11.9 Å². The summed E-state index contributed by atoms with van der Waals surface area (Å²) < 4.78 is 2.30. The van der Waals surface area contributed by atoms with Crippen LogP contribution in [-0.4, -0.2) is 45.6 Å². The highest BCUT2D eigenvalue weighted by molar-refractivity contribution is 8.00. The minimum absolute atomic E-state index is 0.103. The summed E-state index contributed by atoms with van der Waals surface area (Å²) in [7, 11) is 0. The monoisotopic (exact) mass is 403 g/mol. The van der Waals surface area contributed by atoms with Gasteiger partial charge in [-0.25, -0.2) is 0 Å². The van der Waals surface area contributed by atoms with Crippen LogP contribution in [0.4, 0.5) is 5.95 Å². The molecule has 154 valence electrons. The van der Waals surface area contributed by atoms with Crippen molar-refractivity contribution >= 4 is 23.6 Å². The second-order valence-electron chi connectivity index (χ2n) is 8.34. The van der Waals surface area contributed by atoms with Crippen LogP contribution in [0.3, 0.4) is 0 Å². The lowest BCUT2D eigenvalue weighted by atomic mass is 9.97. The number of anilines is 1. The van der Waals surface area contributed by atoms with Crippen LogP contribution in [0.15, 0.2) is 16.8 Å². The van der Waals surface area contributed by atoms with Gasteiger partial charge in [-0.3, -0.25) is 9.36 Å². The fourth-order valence-corrected chi connectivity index (χ4v) is 5.08. The van der Waals surface area contributed by atoms with Gasteiger partial charge >= 0.3 is 0 Å². The lowest BCUT2D eigenvalue weighted by Crippen LogP contribution is -2.33. The molecule has 0 bridgehead atoms. The van der Waals surface area contributed by atoms with Crippen molar-refractivity contribution in [1.29, 1.82) is 0 Å². The highest BCUT2D eigenvalue weighted by Crippen LogP contribution is 2.42. The van der Waals surface area contributed by atoms with E-state index in [0.29, 0.717) is 6.04 Å². The number of allylic oxidation sites excluding steroid dienone is 1. The zero-order valence-corrected chi connectivity index (χ0v) is 17.8. The molecule has 4 rings (SSSR count). The first kappa shape index (κ1) is 19.8. The molecule has 28 heavy (non-hydrogen) atoms. The van der Waals surface area contributed by atoms with E-state index >= 15 is 0 Å². The Morgan fingerprint density at radius 2 is 2.04 bits per heavy atom. The molecule has 1 unspecified atom stereocenters. The van der Waals surface area contributed by atoms with E-state index in [4.69, 9.17) is 0 Å². The van der Waals surface area contributed by atoms with Crippen LogP contribution in [0.1, 0.15) is 77.2 Å². The molecule has 0 spiro atoms. The van der Waals surface area contributed by atoms with Gasteiger partial charge in [0.05, 0.1) is 5.25 Å². The fraction of sp³-hybridized carbons (Fsp3) is 0.762. The molecule has 3 aliphatic rings. The number of piperidine rings is 1. The molecule has 0 radical (unpaired) electrons. The van der Waals surface area contributed by atoms with Gasteiger partial charge in [0.1, 0.15) is 0 Å². The molecule has 1 saturated carbocycles. The fourth-order valence-electron chi connectivity index (χ4n) is 4.14. The molecule has 6 nitrogen and oxygen atoms in total. The normalized spacial score (nSPS) is 21.3. The second-order valence-corrected chi connectivity index (χ2v) is 9.65. The van der Waals surface area contributed by atoms with Crippen molar-refractivity contribution in [3.8, 4) is 0 Å². The van der Waals surface area contributed by atoms with Gasteiger partial charge in [-0.15, -0.1) is 10.2 Å². The third-order valence-electron chi connectivity index (χ3n) is 5.98. The topological polar surface area (TPSA) is 63.1 Å². The molecule has 0 aromatic carbocycles. The van der Waals surface area contributed by atoms with Gasteiger partial charge in [-0.1, -0.05) is 23.4 Å². The van der Waals surface area contributed by atoms with E-state index in [9.17, 15) is 4.79 Å². The highest BCUT2D eigenvalue weighted by atomic mass is 32.2. The number of nitrogens with one attached hydrogen (secondary N) is 1. The molecule has 1 amide bonds. The number of carbonyl (C=O) groups excluding carboxylic acids is 1. The number of hydrogen-bond acceptors (Lipinski definition) is 5. The molecule has 1 N–H and O–H groups in total. The third-order valence-corrected chi connectivity index (χ3v) is 7.04. The van der Waals surface area contributed by atoms with Crippen molar-refractivity contribution in [3.63, 3.8) is 0 Å². The maximum Gasteiger partial charge on any atom is 0.233 e. The lowest BCUT2D eigenvalue weighted by molar-refractivity contribution is -0.120. The Kier molecular flexibility index (Phi) is 6.60. The molecule has 7 heteroatoms. The SMILES string of the molecule is CC(Sc1nnc(N2CCCCC2)n1C1CC1)C(=O)NCCC1=CCCCC1. The predicted molar refractivity (Wildman–Crippen MR) is 114 cm³/mol. The Morgan fingerprint density at radius 3 is 2.75 bits per heavy atom. The summed E-state index contributed by atoms with van der Waals surface area (Å²) in [4.78, 5) is 15.0. The Bertz CT molecular complexity index is 706. The first-order chi connectivity index (χ1) is 13.7. The molecule has 1 aromatic heterocycles. The first-order valence-electron chi connectivity index (χ1n) is 11.0. The van der Waals surface area contributed by atoms with E-state index in [1.807, 2.05) is 6.92 Å². The molecular formula is C21H33N5OS. The average Bonchev–Trinajstić information content (AvgIpc) is 3.49. The summed E-state index contributed by atoms with van der Waals surface area (Å²) in [6.45, 7) is 4.86. The summed E-state index contributed by atoms with van der Waals surface area (Å²) in [5, 5.41) is 12.9. The van der Waals surface area contributed by atoms with Crippen molar-refractivity contribution < 1.29 is 4.79 Å². The van der Waals surface area contributed by atoms with Crippen molar-refractivity contribution in [3.05, 3.63) is 11.6 Å². The van der Waals surface area contributed by atoms with Crippen LogP contribution in [0.25, 0.3) is 0 Å². The Labute approximate surface area is 172 Å². The van der Waals surface area contributed by atoms with Crippen LogP contribution >= 0.6 is 11.8 Å². The van der Waals surface area contributed by atoms with Crippen molar-refractivity contribution in [2.24, 2.45) is 0 Å². The molecule has 2 fully saturated rings. The quantitative estimate of drug-likeness (QED) is 0.523. The first-order valence-corrected chi connectivity index (χ1v) is 11.9. The molecular weight excluding hydrogens is 370 g/mol. The molecule has 2 aliphatic carbocycles. The van der Waals surface area contributed by atoms with Gasteiger partial charge in [0, 0.05) is 25.7 Å². The minimum Gasteiger partial charge on any atom is -0.355 e. The molecule has 1 atom stereocenters. The molecule has 1 saturated heterocycles. The lowest BCUT2D eigenvalue weighted by Gasteiger charge is -2.28. The minimum atomic E-state index is -0.156. The number of aromatic nitrogens is 3. The zero-order valence-electron chi connectivity index (χ0n) is 17.0. The number of nitrogens with zero attached hydrogens (tertiary/aromatic N) is 4. The largest absolute Gasteiger partial charge is 0.355 e. The Hall–Kier alpha value is -1.50.